The van der Waals surface area contributed by atoms with Crippen molar-refractivity contribution in [1.29, 1.82) is 0 Å². The second-order valence-electron chi connectivity index (χ2n) is 7.60. The Morgan fingerprint density at radius 2 is 1.77 bits per heavy atom. The molecule has 0 aliphatic carbocycles. The van der Waals surface area contributed by atoms with E-state index in [0.29, 0.717) is 28.9 Å². The van der Waals surface area contributed by atoms with Crippen LogP contribution in [0.25, 0.3) is 0 Å². The number of nitrogens with zero attached hydrogens (tertiary/aromatic N) is 2. The van der Waals surface area contributed by atoms with Crippen molar-refractivity contribution in [3.8, 4) is 0 Å². The van der Waals surface area contributed by atoms with E-state index in [1.807, 2.05) is 13.8 Å². The lowest BCUT2D eigenvalue weighted by Gasteiger charge is -2.26. The van der Waals surface area contributed by atoms with Crippen LogP contribution in [-0.4, -0.2) is 46.7 Å². The third kappa shape index (κ3) is 7.22. The molecule has 2 aromatic rings. The highest BCUT2D eigenvalue weighted by Gasteiger charge is 2.22. The monoisotopic (exact) mass is 434 g/mol. The smallest absolute Gasteiger partial charge is 0.254 e. The van der Waals surface area contributed by atoms with Crippen LogP contribution in [0.15, 0.2) is 29.6 Å². The molecule has 2 rings (SSSR count). The number of hydrogen-bond donors (Lipinski definition) is 2. The van der Waals surface area contributed by atoms with Gasteiger partial charge in [-0.3, -0.25) is 14.4 Å². The molecule has 0 saturated heterocycles. The van der Waals surface area contributed by atoms with E-state index in [2.05, 4.69) is 15.6 Å². The lowest BCUT2D eigenvalue weighted by atomic mass is 10.1. The maximum Gasteiger partial charge on any atom is 0.254 e. The van der Waals surface area contributed by atoms with Crippen LogP contribution in [0.3, 0.4) is 0 Å². The van der Waals surface area contributed by atoms with Crippen molar-refractivity contribution in [2.24, 2.45) is 5.92 Å². The summed E-state index contributed by atoms with van der Waals surface area (Å²) < 4.78 is 13.1. The summed E-state index contributed by atoms with van der Waals surface area (Å²) in [6, 6.07) is 4.97. The van der Waals surface area contributed by atoms with Gasteiger partial charge in [0.15, 0.2) is 5.13 Å². The van der Waals surface area contributed by atoms with Crippen molar-refractivity contribution in [3.63, 3.8) is 0 Å². The molecule has 9 heteroatoms. The van der Waals surface area contributed by atoms with Crippen molar-refractivity contribution in [1.82, 2.24) is 15.2 Å². The number of aromatic nitrogens is 1. The predicted molar refractivity (Wildman–Crippen MR) is 115 cm³/mol. The minimum absolute atomic E-state index is 0.122. The van der Waals surface area contributed by atoms with E-state index in [1.165, 1.54) is 40.5 Å². The van der Waals surface area contributed by atoms with Crippen LogP contribution in [0.4, 0.5) is 9.52 Å². The zero-order valence-corrected chi connectivity index (χ0v) is 18.4. The largest absolute Gasteiger partial charge is 0.356 e. The first-order valence-corrected chi connectivity index (χ1v) is 10.6. The number of carbonyl (C=O) groups excluding carboxylic acids is 3. The lowest BCUT2D eigenvalue weighted by molar-refractivity contribution is -0.120. The quantitative estimate of drug-likeness (QED) is 0.635. The molecule has 0 fully saturated rings. The molecule has 1 heterocycles. The van der Waals surface area contributed by atoms with E-state index in [4.69, 9.17) is 0 Å². The molecule has 162 valence electrons. The highest BCUT2D eigenvalue weighted by atomic mass is 32.1. The number of benzene rings is 1. The molecule has 0 unspecified atom stereocenters. The summed E-state index contributed by atoms with van der Waals surface area (Å²) in [6.45, 7) is 8.05. The van der Waals surface area contributed by atoms with Crippen LogP contribution in [0.1, 0.15) is 43.7 Å². The predicted octanol–water partition coefficient (Wildman–Crippen LogP) is 3.09. The van der Waals surface area contributed by atoms with Crippen molar-refractivity contribution in [3.05, 3.63) is 46.7 Å². The normalized spacial score (nSPS) is 10.9. The highest BCUT2D eigenvalue weighted by Crippen LogP contribution is 2.16. The third-order valence-corrected chi connectivity index (χ3v) is 4.94. The fraction of sp³-hybridized carbons (Fsp3) is 0.429. The molecular weight excluding hydrogens is 407 g/mol. The van der Waals surface area contributed by atoms with Gasteiger partial charge in [-0.15, -0.1) is 11.3 Å². The average molecular weight is 435 g/mol. The summed E-state index contributed by atoms with van der Waals surface area (Å²) >= 11 is 1.22. The number of rotatable bonds is 9. The Morgan fingerprint density at radius 3 is 2.37 bits per heavy atom. The summed E-state index contributed by atoms with van der Waals surface area (Å²) in [4.78, 5) is 42.7. The second kappa shape index (κ2) is 10.8. The Hall–Kier alpha value is -2.81. The van der Waals surface area contributed by atoms with Crippen LogP contribution in [-0.2, 0) is 16.0 Å². The Bertz CT molecular complexity index is 881. The topological polar surface area (TPSA) is 91.4 Å². The van der Waals surface area contributed by atoms with Crippen molar-refractivity contribution >= 4 is 34.2 Å². The van der Waals surface area contributed by atoms with Crippen LogP contribution >= 0.6 is 11.3 Å². The summed E-state index contributed by atoms with van der Waals surface area (Å²) in [5, 5.41) is 7.57. The first kappa shape index (κ1) is 23.5. The van der Waals surface area contributed by atoms with E-state index >= 15 is 0 Å². The maximum atomic E-state index is 13.1. The molecule has 1 aromatic heterocycles. The molecule has 0 aliphatic heterocycles. The summed E-state index contributed by atoms with van der Waals surface area (Å²) in [5.41, 5.74) is 0.876. The molecule has 2 N–H and O–H groups in total. The first-order valence-electron chi connectivity index (χ1n) is 9.73. The Labute approximate surface area is 179 Å². The minimum Gasteiger partial charge on any atom is -0.356 e. The van der Waals surface area contributed by atoms with Gasteiger partial charge in [-0.25, -0.2) is 9.37 Å². The van der Waals surface area contributed by atoms with Crippen molar-refractivity contribution in [2.45, 2.75) is 40.2 Å². The van der Waals surface area contributed by atoms with Gasteiger partial charge in [-0.1, -0.05) is 13.8 Å². The van der Waals surface area contributed by atoms with Gasteiger partial charge in [-0.2, -0.15) is 0 Å². The van der Waals surface area contributed by atoms with Crippen LogP contribution < -0.4 is 10.6 Å². The molecule has 0 atom stereocenters. The van der Waals surface area contributed by atoms with E-state index in [9.17, 15) is 18.8 Å². The van der Waals surface area contributed by atoms with Crippen molar-refractivity contribution < 1.29 is 18.8 Å². The van der Waals surface area contributed by atoms with Crippen molar-refractivity contribution in [2.75, 3.05) is 18.4 Å². The van der Waals surface area contributed by atoms with Crippen LogP contribution in [0.5, 0.6) is 0 Å². The number of thiazole rings is 1. The number of anilines is 1. The first-order chi connectivity index (χ1) is 14.2. The minimum atomic E-state index is -0.433. The van der Waals surface area contributed by atoms with Gasteiger partial charge >= 0.3 is 0 Å². The van der Waals surface area contributed by atoms with Gasteiger partial charge in [0.2, 0.25) is 11.8 Å². The Balaban J connectivity index is 1.94. The fourth-order valence-electron chi connectivity index (χ4n) is 2.55. The summed E-state index contributed by atoms with van der Waals surface area (Å²) in [5.74, 6) is -0.951. The van der Waals surface area contributed by atoms with E-state index < -0.39 is 11.7 Å². The summed E-state index contributed by atoms with van der Waals surface area (Å²) in [6.07, 6.45) is 0.139. The molecule has 1 aromatic carbocycles. The van der Waals surface area contributed by atoms with Gasteiger partial charge in [0.1, 0.15) is 12.4 Å². The summed E-state index contributed by atoms with van der Waals surface area (Å²) in [7, 11) is 0. The SMILES string of the molecule is CC(C)CNC(=O)Cc1csc(NC(=O)CN(C(=O)c2ccc(F)cc2)C(C)C)n1. The molecular formula is C21H27FN4O3S. The third-order valence-electron chi connectivity index (χ3n) is 4.14. The molecule has 0 spiro atoms. The lowest BCUT2D eigenvalue weighted by Crippen LogP contribution is -2.42. The molecule has 7 nitrogen and oxygen atoms in total. The number of carbonyl (C=O) groups is 3. The van der Waals surface area contributed by atoms with E-state index in [-0.39, 0.29) is 30.8 Å². The zero-order valence-electron chi connectivity index (χ0n) is 17.6. The molecule has 30 heavy (non-hydrogen) atoms. The number of halogens is 1. The zero-order chi connectivity index (χ0) is 22.3. The molecule has 0 aliphatic rings. The van der Waals surface area contributed by atoms with E-state index in [0.717, 1.165) is 0 Å². The molecule has 3 amide bonds. The fourth-order valence-corrected chi connectivity index (χ4v) is 3.28. The van der Waals surface area contributed by atoms with Gasteiger partial charge < -0.3 is 15.5 Å². The van der Waals surface area contributed by atoms with Crippen LogP contribution in [0, 0.1) is 11.7 Å². The van der Waals surface area contributed by atoms with Gasteiger partial charge in [0.25, 0.3) is 5.91 Å². The molecule has 0 saturated carbocycles. The van der Waals surface area contributed by atoms with Crippen LogP contribution in [0.2, 0.25) is 0 Å². The number of amides is 3. The standard InChI is InChI=1S/C21H27FN4O3S/c1-13(2)10-23-18(27)9-17-12-30-21(24-17)25-19(28)11-26(14(3)4)20(29)15-5-7-16(22)8-6-15/h5-8,12-14H,9-11H2,1-4H3,(H,23,27)(H,24,25,28). The van der Waals surface area contributed by atoms with Gasteiger partial charge in [0, 0.05) is 23.5 Å². The van der Waals surface area contributed by atoms with Gasteiger partial charge in [0.05, 0.1) is 12.1 Å². The number of nitrogens with one attached hydrogen (secondary N) is 2. The molecule has 0 radical (unpaired) electrons. The molecule has 0 bridgehead atoms. The van der Waals surface area contributed by atoms with E-state index in [1.54, 1.807) is 19.2 Å². The average Bonchev–Trinajstić information content (AvgIpc) is 3.10. The second-order valence-corrected chi connectivity index (χ2v) is 8.46. The maximum absolute atomic E-state index is 13.1. The Kier molecular flexibility index (Phi) is 8.46. The van der Waals surface area contributed by atoms with Gasteiger partial charge in [-0.05, 0) is 44.0 Å². The number of hydrogen-bond acceptors (Lipinski definition) is 5. The highest BCUT2D eigenvalue weighted by molar-refractivity contribution is 7.13. The Morgan fingerprint density at radius 1 is 1.10 bits per heavy atom.